The van der Waals surface area contributed by atoms with E-state index >= 15 is 0 Å². The van der Waals surface area contributed by atoms with Crippen molar-refractivity contribution in [3.63, 3.8) is 0 Å². The highest BCUT2D eigenvalue weighted by Crippen LogP contribution is 2.12. The Labute approximate surface area is 104 Å². The average Bonchev–Trinajstić information content (AvgIpc) is 2.65. The van der Waals surface area contributed by atoms with Gasteiger partial charge in [-0.15, -0.1) is 11.3 Å². The summed E-state index contributed by atoms with van der Waals surface area (Å²) in [6.07, 6.45) is 1.04. The number of nitrogens with one attached hydrogen (secondary N) is 1. The Kier molecular flexibility index (Phi) is 4.43. The third kappa shape index (κ3) is 3.47. The Morgan fingerprint density at radius 2 is 2.47 bits per heavy atom. The number of hydrogen-bond donors (Lipinski definition) is 2. The second kappa shape index (κ2) is 6.06. The van der Waals surface area contributed by atoms with E-state index in [1.807, 2.05) is 5.38 Å². The first-order valence-corrected chi connectivity index (χ1v) is 6.43. The van der Waals surface area contributed by atoms with E-state index in [2.05, 4.69) is 15.3 Å². The van der Waals surface area contributed by atoms with Crippen LogP contribution in [0.5, 0.6) is 0 Å². The third-order valence-corrected chi connectivity index (χ3v) is 3.47. The Morgan fingerprint density at radius 3 is 3.29 bits per heavy atom. The van der Waals surface area contributed by atoms with E-state index in [0.717, 1.165) is 45.0 Å². The topological polar surface area (TPSA) is 80.5 Å². The molecular weight excluding hydrogens is 240 g/mol. The smallest absolute Gasteiger partial charge is 0.294 e. The molecule has 1 aliphatic rings. The van der Waals surface area contributed by atoms with Crippen LogP contribution in [0.4, 0.5) is 0 Å². The van der Waals surface area contributed by atoms with E-state index in [0.29, 0.717) is 5.01 Å². The minimum absolute atomic E-state index is 0.333. The summed E-state index contributed by atoms with van der Waals surface area (Å²) in [7, 11) is 0. The first kappa shape index (κ1) is 12.4. The molecule has 1 fully saturated rings. The molecule has 1 aromatic rings. The molecule has 17 heavy (non-hydrogen) atoms. The summed E-state index contributed by atoms with van der Waals surface area (Å²) in [6.45, 7) is 4.28. The van der Waals surface area contributed by atoms with E-state index in [1.54, 1.807) is 0 Å². The molecule has 2 rings (SSSR count). The molecule has 0 atom stereocenters. The van der Waals surface area contributed by atoms with Crippen molar-refractivity contribution in [2.24, 2.45) is 5.84 Å². The molecule has 1 aromatic heterocycles. The largest absolute Gasteiger partial charge is 0.380 e. The molecule has 7 heteroatoms. The zero-order valence-corrected chi connectivity index (χ0v) is 10.3. The third-order valence-electron chi connectivity index (χ3n) is 2.58. The van der Waals surface area contributed by atoms with Crippen LogP contribution in [0.2, 0.25) is 0 Å². The number of aromatic nitrogens is 1. The van der Waals surface area contributed by atoms with Gasteiger partial charge in [-0.05, 0) is 6.42 Å². The summed E-state index contributed by atoms with van der Waals surface area (Å²) in [5.74, 6) is 4.73. The van der Waals surface area contributed by atoms with Crippen molar-refractivity contribution in [1.82, 2.24) is 15.3 Å². The number of ether oxygens (including phenoxy) is 1. The molecular formula is C10H16N4O2S. The molecule has 0 aliphatic carbocycles. The SMILES string of the molecule is NNC(=O)c1nc(CN2CCCOCC2)cs1. The van der Waals surface area contributed by atoms with Crippen LogP contribution in [0, 0.1) is 0 Å². The molecule has 94 valence electrons. The standard InChI is InChI=1S/C10H16N4O2S/c11-13-9(15)10-12-8(7-17-10)6-14-2-1-4-16-5-3-14/h7H,1-6,11H2,(H,13,15). The number of nitrogens with two attached hydrogens (primary N) is 1. The highest BCUT2D eigenvalue weighted by atomic mass is 32.1. The van der Waals surface area contributed by atoms with Gasteiger partial charge in [-0.1, -0.05) is 0 Å². The summed E-state index contributed by atoms with van der Waals surface area (Å²) in [5, 5.41) is 2.31. The quantitative estimate of drug-likeness (QED) is 0.451. The van der Waals surface area contributed by atoms with Gasteiger partial charge in [0.1, 0.15) is 0 Å². The van der Waals surface area contributed by atoms with Gasteiger partial charge in [0, 0.05) is 31.6 Å². The predicted octanol–water partition coefficient (Wildman–Crippen LogP) is -0.0311. The number of rotatable bonds is 3. The van der Waals surface area contributed by atoms with Crippen LogP contribution < -0.4 is 11.3 Å². The minimum Gasteiger partial charge on any atom is -0.380 e. The van der Waals surface area contributed by atoms with Gasteiger partial charge in [0.15, 0.2) is 5.01 Å². The lowest BCUT2D eigenvalue weighted by atomic mass is 10.3. The van der Waals surface area contributed by atoms with Crippen LogP contribution in [0.3, 0.4) is 0 Å². The summed E-state index contributed by atoms with van der Waals surface area (Å²) < 4.78 is 5.38. The van der Waals surface area contributed by atoms with Crippen LogP contribution >= 0.6 is 11.3 Å². The Bertz CT molecular complexity index is 374. The molecule has 6 nitrogen and oxygen atoms in total. The van der Waals surface area contributed by atoms with E-state index in [-0.39, 0.29) is 5.91 Å². The van der Waals surface area contributed by atoms with Gasteiger partial charge in [0.25, 0.3) is 5.91 Å². The first-order valence-electron chi connectivity index (χ1n) is 5.55. The van der Waals surface area contributed by atoms with Gasteiger partial charge in [0.05, 0.1) is 12.3 Å². The van der Waals surface area contributed by atoms with Crippen molar-refractivity contribution in [3.05, 3.63) is 16.1 Å². The van der Waals surface area contributed by atoms with Crippen molar-refractivity contribution in [1.29, 1.82) is 0 Å². The summed E-state index contributed by atoms with van der Waals surface area (Å²) >= 11 is 1.31. The van der Waals surface area contributed by atoms with Crippen LogP contribution in [-0.4, -0.2) is 42.1 Å². The number of thiazole rings is 1. The Balaban J connectivity index is 1.93. The molecule has 3 N–H and O–H groups in total. The normalized spacial score (nSPS) is 17.7. The van der Waals surface area contributed by atoms with Crippen molar-refractivity contribution >= 4 is 17.2 Å². The molecule has 1 saturated heterocycles. The maximum atomic E-state index is 11.3. The van der Waals surface area contributed by atoms with Crippen molar-refractivity contribution in [3.8, 4) is 0 Å². The lowest BCUT2D eigenvalue weighted by molar-refractivity contribution is 0.0953. The molecule has 0 saturated carbocycles. The van der Waals surface area contributed by atoms with Crippen LogP contribution in [-0.2, 0) is 11.3 Å². The van der Waals surface area contributed by atoms with Gasteiger partial charge in [0.2, 0.25) is 0 Å². The monoisotopic (exact) mass is 256 g/mol. The molecule has 1 amide bonds. The van der Waals surface area contributed by atoms with Crippen molar-refractivity contribution in [2.75, 3.05) is 26.3 Å². The lowest BCUT2D eigenvalue weighted by Gasteiger charge is -2.17. The van der Waals surface area contributed by atoms with Crippen LogP contribution in [0.25, 0.3) is 0 Å². The highest BCUT2D eigenvalue weighted by molar-refractivity contribution is 7.11. The molecule has 0 radical (unpaired) electrons. The Hall–Kier alpha value is -1.02. The highest BCUT2D eigenvalue weighted by Gasteiger charge is 2.13. The van der Waals surface area contributed by atoms with E-state index < -0.39 is 0 Å². The zero-order chi connectivity index (χ0) is 12.1. The second-order valence-electron chi connectivity index (χ2n) is 3.86. The summed E-state index contributed by atoms with van der Waals surface area (Å²) in [4.78, 5) is 17.8. The van der Waals surface area contributed by atoms with Gasteiger partial charge < -0.3 is 4.74 Å². The minimum atomic E-state index is -0.333. The number of nitrogens with zero attached hydrogens (tertiary/aromatic N) is 2. The number of amides is 1. The lowest BCUT2D eigenvalue weighted by Crippen LogP contribution is -2.30. The molecule has 2 heterocycles. The van der Waals surface area contributed by atoms with Gasteiger partial charge >= 0.3 is 0 Å². The number of hydrazine groups is 1. The van der Waals surface area contributed by atoms with E-state index in [4.69, 9.17) is 10.6 Å². The van der Waals surface area contributed by atoms with Crippen molar-refractivity contribution in [2.45, 2.75) is 13.0 Å². The summed E-state index contributed by atoms with van der Waals surface area (Å²) in [5.41, 5.74) is 3.00. The van der Waals surface area contributed by atoms with Gasteiger partial charge in [-0.25, -0.2) is 10.8 Å². The number of carbonyl (C=O) groups excluding carboxylic acids is 1. The second-order valence-corrected chi connectivity index (χ2v) is 4.72. The fourth-order valence-corrected chi connectivity index (χ4v) is 2.44. The Morgan fingerprint density at radius 1 is 1.59 bits per heavy atom. The van der Waals surface area contributed by atoms with Gasteiger partial charge in [-0.3, -0.25) is 15.1 Å². The van der Waals surface area contributed by atoms with Crippen LogP contribution in [0.1, 0.15) is 21.9 Å². The maximum Gasteiger partial charge on any atom is 0.294 e. The summed E-state index contributed by atoms with van der Waals surface area (Å²) in [6, 6.07) is 0. The maximum absolute atomic E-state index is 11.3. The molecule has 0 spiro atoms. The van der Waals surface area contributed by atoms with Crippen molar-refractivity contribution < 1.29 is 9.53 Å². The molecule has 1 aliphatic heterocycles. The number of nitrogen functional groups attached to an aromatic ring is 1. The van der Waals surface area contributed by atoms with E-state index in [9.17, 15) is 4.79 Å². The number of carbonyl (C=O) groups is 1. The predicted molar refractivity (Wildman–Crippen MR) is 64.5 cm³/mol. The molecule has 0 bridgehead atoms. The molecule has 0 unspecified atom stereocenters. The van der Waals surface area contributed by atoms with Crippen LogP contribution in [0.15, 0.2) is 5.38 Å². The first-order chi connectivity index (χ1) is 8.29. The van der Waals surface area contributed by atoms with Gasteiger partial charge in [-0.2, -0.15) is 0 Å². The fraction of sp³-hybridized carbons (Fsp3) is 0.600. The average molecular weight is 256 g/mol. The molecule has 0 aromatic carbocycles. The fourth-order valence-electron chi connectivity index (χ4n) is 1.73. The zero-order valence-electron chi connectivity index (χ0n) is 9.52. The number of hydrogen-bond acceptors (Lipinski definition) is 6. The van der Waals surface area contributed by atoms with E-state index in [1.165, 1.54) is 11.3 Å².